The van der Waals surface area contributed by atoms with Crippen molar-refractivity contribution in [2.75, 3.05) is 13.1 Å². The monoisotopic (exact) mass is 412 g/mol. The van der Waals surface area contributed by atoms with E-state index in [1.54, 1.807) is 12.1 Å². The zero-order valence-corrected chi connectivity index (χ0v) is 16.8. The third kappa shape index (κ3) is 3.85. The Kier molecular flexibility index (Phi) is 5.39. The molecule has 5 nitrogen and oxygen atoms in total. The maximum atomic E-state index is 13.5. The molecule has 2 aromatic carbocycles. The van der Waals surface area contributed by atoms with Gasteiger partial charge in [-0.25, -0.2) is 8.78 Å². The van der Waals surface area contributed by atoms with Crippen molar-refractivity contribution in [2.24, 2.45) is 0 Å². The van der Waals surface area contributed by atoms with Crippen molar-refractivity contribution < 1.29 is 23.1 Å². The summed E-state index contributed by atoms with van der Waals surface area (Å²) in [5.74, 6) is -1.67. The first-order valence-corrected chi connectivity index (χ1v) is 9.84. The number of nitrogens with zero attached hydrogens (tertiary/aromatic N) is 2. The van der Waals surface area contributed by atoms with Crippen LogP contribution in [0.3, 0.4) is 0 Å². The van der Waals surface area contributed by atoms with Crippen LogP contribution in [0.25, 0.3) is 5.57 Å². The van der Waals surface area contributed by atoms with E-state index >= 15 is 0 Å². The number of ether oxygens (including phenoxy) is 1. The number of carbonyl (C=O) groups excluding carboxylic acids is 2. The van der Waals surface area contributed by atoms with Gasteiger partial charge in [0.2, 0.25) is 0 Å². The van der Waals surface area contributed by atoms with E-state index < -0.39 is 17.6 Å². The van der Waals surface area contributed by atoms with Gasteiger partial charge in [0, 0.05) is 13.1 Å². The summed E-state index contributed by atoms with van der Waals surface area (Å²) in [6, 6.07) is 11.2. The number of amides is 2. The molecule has 2 aliphatic rings. The van der Waals surface area contributed by atoms with Crippen LogP contribution in [0.2, 0.25) is 0 Å². The van der Waals surface area contributed by atoms with Crippen molar-refractivity contribution in [3.63, 3.8) is 0 Å². The molecule has 0 N–H and O–H groups in total. The Balaban J connectivity index is 1.74. The molecule has 156 valence electrons. The van der Waals surface area contributed by atoms with E-state index in [0.29, 0.717) is 29.9 Å². The molecule has 0 aromatic heterocycles. The molecule has 0 aliphatic carbocycles. The van der Waals surface area contributed by atoms with E-state index in [4.69, 9.17) is 4.74 Å². The number of benzene rings is 2. The molecule has 2 aliphatic heterocycles. The normalized spacial score (nSPS) is 22.3. The number of hydrogen-bond acceptors (Lipinski definition) is 4. The number of hydrogen-bond donors (Lipinski definition) is 0. The summed E-state index contributed by atoms with van der Waals surface area (Å²) < 4.78 is 32.5. The average Bonchev–Trinajstić information content (AvgIpc) is 2.94. The lowest BCUT2D eigenvalue weighted by atomic mass is 10.0. The molecule has 2 amide bonds. The predicted molar refractivity (Wildman–Crippen MR) is 107 cm³/mol. The minimum Gasteiger partial charge on any atom is -0.372 e. The number of halogens is 2. The Labute approximate surface area is 173 Å². The molecule has 2 heterocycles. The molecule has 1 fully saturated rings. The molecule has 1 saturated heterocycles. The second-order valence-electron chi connectivity index (χ2n) is 7.72. The number of morpholine rings is 1. The zero-order valence-electron chi connectivity index (χ0n) is 16.8. The van der Waals surface area contributed by atoms with Gasteiger partial charge in [0.15, 0.2) is 0 Å². The highest BCUT2D eigenvalue weighted by molar-refractivity contribution is 6.35. The first-order valence-electron chi connectivity index (χ1n) is 9.84. The van der Waals surface area contributed by atoms with Gasteiger partial charge in [0.25, 0.3) is 11.8 Å². The molecular weight excluding hydrogens is 390 g/mol. The van der Waals surface area contributed by atoms with Crippen LogP contribution >= 0.6 is 0 Å². The van der Waals surface area contributed by atoms with Gasteiger partial charge in [-0.15, -0.1) is 0 Å². The Morgan fingerprint density at radius 2 is 1.40 bits per heavy atom. The maximum Gasteiger partial charge on any atom is 0.278 e. The molecule has 4 rings (SSSR count). The summed E-state index contributed by atoms with van der Waals surface area (Å²) in [7, 11) is 0. The first kappa shape index (κ1) is 20.2. The van der Waals surface area contributed by atoms with Crippen molar-refractivity contribution >= 4 is 17.4 Å². The number of carbonyl (C=O) groups is 2. The molecular formula is C23H22F2N2O3. The Morgan fingerprint density at radius 3 is 1.97 bits per heavy atom. The Morgan fingerprint density at radius 1 is 0.867 bits per heavy atom. The standard InChI is InChI=1S/C23H22F2N2O3/c1-14-11-26(12-15(2)30-14)21-20(17-5-9-19(25)10-6-17)22(28)27(23(21)29)13-16-3-7-18(24)8-4-16/h3-10,14-15H,11-13H2,1-2H3. The lowest BCUT2D eigenvalue weighted by molar-refractivity contribution is -0.139. The molecule has 0 bridgehead atoms. The third-order valence-electron chi connectivity index (χ3n) is 5.27. The fraction of sp³-hybridized carbons (Fsp3) is 0.304. The van der Waals surface area contributed by atoms with Crippen molar-refractivity contribution in [1.82, 2.24) is 9.80 Å². The second-order valence-corrected chi connectivity index (χ2v) is 7.72. The van der Waals surface area contributed by atoms with Crippen LogP contribution < -0.4 is 0 Å². The van der Waals surface area contributed by atoms with Crippen LogP contribution in [0.5, 0.6) is 0 Å². The highest BCUT2D eigenvalue weighted by atomic mass is 19.1. The van der Waals surface area contributed by atoms with Crippen LogP contribution in [0.1, 0.15) is 25.0 Å². The lowest BCUT2D eigenvalue weighted by Gasteiger charge is -2.37. The summed E-state index contributed by atoms with van der Waals surface area (Å²) in [6.07, 6.45) is -0.213. The molecule has 2 unspecified atom stereocenters. The molecule has 2 atom stereocenters. The van der Waals surface area contributed by atoms with Gasteiger partial charge in [-0.3, -0.25) is 14.5 Å². The van der Waals surface area contributed by atoms with Crippen LogP contribution in [0.15, 0.2) is 54.2 Å². The predicted octanol–water partition coefficient (Wildman–Crippen LogP) is 3.35. The molecule has 0 saturated carbocycles. The molecule has 2 aromatic rings. The van der Waals surface area contributed by atoms with Crippen molar-refractivity contribution in [3.8, 4) is 0 Å². The van der Waals surface area contributed by atoms with Crippen molar-refractivity contribution in [1.29, 1.82) is 0 Å². The van der Waals surface area contributed by atoms with Gasteiger partial charge >= 0.3 is 0 Å². The van der Waals surface area contributed by atoms with E-state index in [-0.39, 0.29) is 30.1 Å². The quantitative estimate of drug-likeness (QED) is 0.723. The molecule has 30 heavy (non-hydrogen) atoms. The number of rotatable bonds is 4. The van der Waals surface area contributed by atoms with E-state index in [0.717, 1.165) is 4.90 Å². The molecule has 0 spiro atoms. The second kappa shape index (κ2) is 7.99. The summed E-state index contributed by atoms with van der Waals surface area (Å²) in [5, 5.41) is 0. The fourth-order valence-electron chi connectivity index (χ4n) is 4.01. The third-order valence-corrected chi connectivity index (χ3v) is 5.27. The lowest BCUT2D eigenvalue weighted by Crippen LogP contribution is -2.46. The van der Waals surface area contributed by atoms with E-state index in [1.165, 1.54) is 36.4 Å². The summed E-state index contributed by atoms with van der Waals surface area (Å²) >= 11 is 0. The summed E-state index contributed by atoms with van der Waals surface area (Å²) in [6.45, 7) is 4.79. The minimum atomic E-state index is -0.447. The fourth-order valence-corrected chi connectivity index (χ4v) is 4.01. The minimum absolute atomic E-state index is 0.0294. The highest BCUT2D eigenvalue weighted by Crippen LogP contribution is 2.34. The SMILES string of the molecule is CC1CN(C2=C(c3ccc(F)cc3)C(=O)N(Cc3ccc(F)cc3)C2=O)CC(C)O1. The largest absolute Gasteiger partial charge is 0.372 e. The summed E-state index contributed by atoms with van der Waals surface area (Å²) in [5.41, 5.74) is 1.68. The van der Waals surface area contributed by atoms with E-state index in [1.807, 2.05) is 18.7 Å². The van der Waals surface area contributed by atoms with Gasteiger partial charge < -0.3 is 9.64 Å². The van der Waals surface area contributed by atoms with Gasteiger partial charge in [-0.1, -0.05) is 24.3 Å². The van der Waals surface area contributed by atoms with Gasteiger partial charge in [-0.05, 0) is 49.2 Å². The first-order chi connectivity index (χ1) is 14.3. The maximum absolute atomic E-state index is 13.5. The highest BCUT2D eigenvalue weighted by Gasteiger charge is 2.43. The summed E-state index contributed by atoms with van der Waals surface area (Å²) in [4.78, 5) is 29.7. The van der Waals surface area contributed by atoms with Gasteiger partial charge in [-0.2, -0.15) is 0 Å². The molecule has 0 radical (unpaired) electrons. The van der Waals surface area contributed by atoms with Crippen LogP contribution in [-0.2, 0) is 20.9 Å². The average molecular weight is 412 g/mol. The van der Waals surface area contributed by atoms with E-state index in [2.05, 4.69) is 0 Å². The zero-order chi connectivity index (χ0) is 21.4. The van der Waals surface area contributed by atoms with Gasteiger partial charge in [0.05, 0.1) is 24.3 Å². The topological polar surface area (TPSA) is 49.9 Å². The molecule has 7 heteroatoms. The Hall–Kier alpha value is -3.06. The van der Waals surface area contributed by atoms with Crippen molar-refractivity contribution in [3.05, 3.63) is 77.0 Å². The van der Waals surface area contributed by atoms with Crippen LogP contribution in [-0.4, -0.2) is 46.9 Å². The van der Waals surface area contributed by atoms with Crippen LogP contribution in [0, 0.1) is 11.6 Å². The van der Waals surface area contributed by atoms with Gasteiger partial charge in [0.1, 0.15) is 17.3 Å². The van der Waals surface area contributed by atoms with E-state index in [9.17, 15) is 18.4 Å². The van der Waals surface area contributed by atoms with Crippen LogP contribution in [0.4, 0.5) is 8.78 Å². The van der Waals surface area contributed by atoms with Crippen molar-refractivity contribution in [2.45, 2.75) is 32.6 Å². The smallest absolute Gasteiger partial charge is 0.278 e. The Bertz CT molecular complexity index is 992. The number of imide groups is 1.